The SMILES string of the molecule is CN(Cc1cn2ccccc2n1)C1CN(c2cc(N3CCC(F)(F)CC3)ncn2)C1. The van der Waals surface area contributed by atoms with Gasteiger partial charge in [0.15, 0.2) is 0 Å². The molecule has 2 saturated heterocycles. The predicted octanol–water partition coefficient (Wildman–Crippen LogP) is 2.68. The van der Waals surface area contributed by atoms with E-state index in [2.05, 4.69) is 38.0 Å². The Morgan fingerprint density at radius 2 is 1.83 bits per heavy atom. The lowest BCUT2D eigenvalue weighted by atomic mass is 10.1. The Bertz CT molecular complexity index is 988. The van der Waals surface area contributed by atoms with Gasteiger partial charge in [-0.3, -0.25) is 4.90 Å². The summed E-state index contributed by atoms with van der Waals surface area (Å²) in [7, 11) is 2.12. The number of anilines is 2. The molecule has 0 atom stereocenters. The van der Waals surface area contributed by atoms with Gasteiger partial charge in [-0.25, -0.2) is 23.7 Å². The van der Waals surface area contributed by atoms with Crippen molar-refractivity contribution < 1.29 is 8.78 Å². The summed E-state index contributed by atoms with van der Waals surface area (Å²) in [5, 5.41) is 0. The van der Waals surface area contributed by atoms with Gasteiger partial charge < -0.3 is 14.2 Å². The molecule has 9 heteroatoms. The van der Waals surface area contributed by atoms with Crippen molar-refractivity contribution in [1.82, 2.24) is 24.3 Å². The maximum Gasteiger partial charge on any atom is 0.251 e. The number of hydrogen-bond donors (Lipinski definition) is 0. The summed E-state index contributed by atoms with van der Waals surface area (Å²) < 4.78 is 28.9. The van der Waals surface area contributed by atoms with Crippen molar-refractivity contribution in [1.29, 1.82) is 0 Å². The molecule has 0 bridgehead atoms. The molecule has 0 spiro atoms. The molecule has 158 valence electrons. The summed E-state index contributed by atoms with van der Waals surface area (Å²) >= 11 is 0. The molecule has 2 aliphatic heterocycles. The third-order valence-electron chi connectivity index (χ3n) is 6.09. The van der Waals surface area contributed by atoms with Crippen LogP contribution in [0.15, 0.2) is 43.0 Å². The molecular formula is C21H25F2N7. The molecule has 0 radical (unpaired) electrons. The van der Waals surface area contributed by atoms with E-state index >= 15 is 0 Å². The van der Waals surface area contributed by atoms with E-state index in [0.29, 0.717) is 19.1 Å². The Morgan fingerprint density at radius 3 is 2.57 bits per heavy atom. The molecule has 30 heavy (non-hydrogen) atoms. The highest BCUT2D eigenvalue weighted by Gasteiger charge is 2.35. The fourth-order valence-corrected chi connectivity index (χ4v) is 4.12. The van der Waals surface area contributed by atoms with Crippen LogP contribution in [0.2, 0.25) is 0 Å². The monoisotopic (exact) mass is 413 g/mol. The number of alkyl halides is 2. The van der Waals surface area contributed by atoms with Gasteiger partial charge in [0.1, 0.15) is 23.6 Å². The Balaban J connectivity index is 1.18. The van der Waals surface area contributed by atoms with Crippen LogP contribution in [0.1, 0.15) is 18.5 Å². The van der Waals surface area contributed by atoms with Gasteiger partial charge in [-0.05, 0) is 19.2 Å². The molecule has 7 nitrogen and oxygen atoms in total. The molecule has 3 aromatic rings. The van der Waals surface area contributed by atoms with Gasteiger partial charge in [0.2, 0.25) is 0 Å². The van der Waals surface area contributed by atoms with Crippen LogP contribution in [0.5, 0.6) is 0 Å². The predicted molar refractivity (Wildman–Crippen MR) is 111 cm³/mol. The highest BCUT2D eigenvalue weighted by molar-refractivity contribution is 5.52. The van der Waals surface area contributed by atoms with Crippen LogP contribution >= 0.6 is 0 Å². The van der Waals surface area contributed by atoms with E-state index in [1.165, 1.54) is 6.33 Å². The second-order valence-corrected chi connectivity index (χ2v) is 8.25. The van der Waals surface area contributed by atoms with E-state index in [4.69, 9.17) is 0 Å². The number of hydrogen-bond acceptors (Lipinski definition) is 6. The van der Waals surface area contributed by atoms with E-state index in [1.807, 2.05) is 39.8 Å². The van der Waals surface area contributed by atoms with Gasteiger partial charge in [0.25, 0.3) is 5.92 Å². The first-order valence-electron chi connectivity index (χ1n) is 10.3. The molecule has 0 amide bonds. The van der Waals surface area contributed by atoms with E-state index in [0.717, 1.165) is 42.6 Å². The number of halogens is 2. The van der Waals surface area contributed by atoms with Gasteiger partial charge in [-0.2, -0.15) is 0 Å². The molecule has 3 aromatic heterocycles. The summed E-state index contributed by atoms with van der Waals surface area (Å²) in [6, 6.07) is 8.33. The number of aromatic nitrogens is 4. The van der Waals surface area contributed by atoms with Crippen molar-refractivity contribution in [2.75, 3.05) is 43.0 Å². The third-order valence-corrected chi connectivity index (χ3v) is 6.09. The maximum absolute atomic E-state index is 13.4. The van der Waals surface area contributed by atoms with Crippen LogP contribution in [0, 0.1) is 0 Å². The van der Waals surface area contributed by atoms with Gasteiger partial charge in [-0.15, -0.1) is 0 Å². The quantitative estimate of drug-likeness (QED) is 0.641. The summed E-state index contributed by atoms with van der Waals surface area (Å²) in [6.45, 7) is 3.19. The molecule has 0 aromatic carbocycles. The molecular weight excluding hydrogens is 388 g/mol. The van der Waals surface area contributed by atoms with Gasteiger partial charge in [0, 0.05) is 70.1 Å². The largest absolute Gasteiger partial charge is 0.356 e. The number of nitrogens with zero attached hydrogens (tertiary/aromatic N) is 7. The topological polar surface area (TPSA) is 52.8 Å². The van der Waals surface area contributed by atoms with Crippen LogP contribution in [-0.2, 0) is 6.54 Å². The third kappa shape index (κ3) is 3.81. The zero-order valence-corrected chi connectivity index (χ0v) is 17.0. The molecule has 0 N–H and O–H groups in total. The zero-order chi connectivity index (χ0) is 20.7. The second kappa shape index (κ2) is 7.46. The van der Waals surface area contributed by atoms with Gasteiger partial charge >= 0.3 is 0 Å². The fraction of sp³-hybridized carbons (Fsp3) is 0.476. The number of fused-ring (bicyclic) bond motifs is 1. The first-order valence-corrected chi connectivity index (χ1v) is 10.3. The zero-order valence-electron chi connectivity index (χ0n) is 17.0. The number of rotatable bonds is 5. The van der Waals surface area contributed by atoms with E-state index in [1.54, 1.807) is 0 Å². The summed E-state index contributed by atoms with van der Waals surface area (Å²) in [5.74, 6) is -0.963. The van der Waals surface area contributed by atoms with Crippen LogP contribution in [-0.4, -0.2) is 69.4 Å². The number of likely N-dealkylation sites (N-methyl/N-ethyl adjacent to an activating group) is 1. The molecule has 2 aliphatic rings. The van der Waals surface area contributed by atoms with Crippen LogP contribution in [0.25, 0.3) is 5.65 Å². The Morgan fingerprint density at radius 1 is 1.10 bits per heavy atom. The van der Waals surface area contributed by atoms with Crippen LogP contribution in [0.4, 0.5) is 20.4 Å². The molecule has 0 unspecified atom stereocenters. The maximum atomic E-state index is 13.4. The summed E-state index contributed by atoms with van der Waals surface area (Å²) in [6.07, 6.45) is 5.37. The summed E-state index contributed by atoms with van der Waals surface area (Å²) in [5.41, 5.74) is 2.01. The minimum absolute atomic E-state index is 0.119. The van der Waals surface area contributed by atoms with Gasteiger partial charge in [0.05, 0.1) is 5.69 Å². The average Bonchev–Trinajstić information content (AvgIpc) is 3.09. The Kier molecular flexibility index (Phi) is 4.77. The minimum Gasteiger partial charge on any atom is -0.356 e. The minimum atomic E-state index is -2.55. The smallest absolute Gasteiger partial charge is 0.251 e. The number of piperidine rings is 1. The van der Waals surface area contributed by atoms with Gasteiger partial charge in [-0.1, -0.05) is 6.07 Å². The Hall–Kier alpha value is -2.81. The van der Waals surface area contributed by atoms with Crippen molar-refractivity contribution in [2.45, 2.75) is 31.4 Å². The van der Waals surface area contributed by atoms with Crippen molar-refractivity contribution >= 4 is 17.3 Å². The number of pyridine rings is 1. The molecule has 0 aliphatic carbocycles. The fourth-order valence-electron chi connectivity index (χ4n) is 4.12. The first kappa shape index (κ1) is 19.2. The highest BCUT2D eigenvalue weighted by atomic mass is 19.3. The van der Waals surface area contributed by atoms with Crippen molar-refractivity contribution in [3.63, 3.8) is 0 Å². The highest BCUT2D eigenvalue weighted by Crippen LogP contribution is 2.31. The van der Waals surface area contributed by atoms with Crippen molar-refractivity contribution in [2.24, 2.45) is 0 Å². The number of imidazole rings is 1. The lowest BCUT2D eigenvalue weighted by Gasteiger charge is -2.44. The molecule has 2 fully saturated rings. The van der Waals surface area contributed by atoms with Crippen LogP contribution in [0.3, 0.4) is 0 Å². The normalized spacial score (nSPS) is 19.5. The van der Waals surface area contributed by atoms with E-state index in [-0.39, 0.29) is 12.8 Å². The first-order chi connectivity index (χ1) is 14.5. The molecule has 0 saturated carbocycles. The average molecular weight is 413 g/mol. The van der Waals surface area contributed by atoms with Crippen molar-refractivity contribution in [3.05, 3.63) is 48.7 Å². The van der Waals surface area contributed by atoms with E-state index < -0.39 is 5.92 Å². The molecule has 5 heterocycles. The lowest BCUT2D eigenvalue weighted by Crippen LogP contribution is -2.58. The summed E-state index contributed by atoms with van der Waals surface area (Å²) in [4.78, 5) is 19.8. The second-order valence-electron chi connectivity index (χ2n) is 8.25. The standard InChI is InChI=1S/C21H25F2N7/c1-27(11-16-12-29-7-3-2-4-18(29)26-16)17-13-30(14-17)20-10-19(24-15-25-20)28-8-5-21(22,23)6-9-28/h2-4,7,10,12,15,17H,5-6,8-9,11,13-14H2,1H3. The Labute approximate surface area is 174 Å². The van der Waals surface area contributed by atoms with E-state index in [9.17, 15) is 8.78 Å². The molecule has 5 rings (SSSR count). The lowest BCUT2D eigenvalue weighted by molar-refractivity contribution is -0.0221. The van der Waals surface area contributed by atoms with Crippen LogP contribution < -0.4 is 9.80 Å². The van der Waals surface area contributed by atoms with Crippen molar-refractivity contribution in [3.8, 4) is 0 Å².